The first kappa shape index (κ1) is 19.6. The molecular formula is C23H25N3O2S. The lowest BCUT2D eigenvalue weighted by atomic mass is 10.1. The number of aryl methyl sites for hydroxylation is 2. The Labute approximate surface area is 174 Å². The SMILES string of the molecule is Cc1ccc(C)c2sc(N(CCCN(C)C)C(=O)c3cc4ccccc4o3)nc12. The molecule has 0 bridgehead atoms. The van der Waals surface area contributed by atoms with E-state index in [1.807, 2.05) is 44.4 Å². The van der Waals surface area contributed by atoms with Crippen LogP contribution in [0, 0.1) is 13.8 Å². The van der Waals surface area contributed by atoms with Crippen LogP contribution in [0.15, 0.2) is 46.9 Å². The largest absolute Gasteiger partial charge is 0.451 e. The van der Waals surface area contributed by atoms with E-state index in [2.05, 4.69) is 30.9 Å². The van der Waals surface area contributed by atoms with Crippen LogP contribution in [-0.4, -0.2) is 43.0 Å². The standard InChI is InChI=1S/C23H25N3O2S/c1-15-10-11-16(2)21-20(15)24-23(29-21)26(13-7-12-25(3)4)22(27)19-14-17-8-5-6-9-18(17)28-19/h5-6,8-11,14H,7,12-13H2,1-4H3. The van der Waals surface area contributed by atoms with E-state index in [0.29, 0.717) is 12.3 Å². The average Bonchev–Trinajstić information content (AvgIpc) is 3.32. The van der Waals surface area contributed by atoms with Crippen molar-refractivity contribution in [1.82, 2.24) is 9.88 Å². The van der Waals surface area contributed by atoms with E-state index in [1.165, 1.54) is 5.56 Å². The Balaban J connectivity index is 1.73. The van der Waals surface area contributed by atoms with Gasteiger partial charge in [-0.05, 0) is 64.2 Å². The van der Waals surface area contributed by atoms with Gasteiger partial charge in [-0.25, -0.2) is 4.98 Å². The van der Waals surface area contributed by atoms with Gasteiger partial charge in [0.2, 0.25) is 0 Å². The van der Waals surface area contributed by atoms with Crippen molar-refractivity contribution >= 4 is 43.6 Å². The fraction of sp³-hybridized carbons (Fsp3) is 0.304. The second kappa shape index (κ2) is 7.97. The van der Waals surface area contributed by atoms with Crippen molar-refractivity contribution in [1.29, 1.82) is 0 Å². The average molecular weight is 408 g/mol. The van der Waals surface area contributed by atoms with Crippen molar-refractivity contribution < 1.29 is 9.21 Å². The van der Waals surface area contributed by atoms with Gasteiger partial charge in [0.1, 0.15) is 5.58 Å². The third-order valence-electron chi connectivity index (χ3n) is 5.03. The maximum Gasteiger partial charge on any atom is 0.295 e. The third-order valence-corrected chi connectivity index (χ3v) is 6.24. The van der Waals surface area contributed by atoms with Crippen LogP contribution in [0.5, 0.6) is 0 Å². The highest BCUT2D eigenvalue weighted by molar-refractivity contribution is 7.22. The van der Waals surface area contributed by atoms with Gasteiger partial charge in [-0.15, -0.1) is 0 Å². The maximum absolute atomic E-state index is 13.4. The number of fused-ring (bicyclic) bond motifs is 2. The molecule has 0 atom stereocenters. The molecule has 0 spiro atoms. The number of amides is 1. The molecule has 2 heterocycles. The van der Waals surface area contributed by atoms with Crippen molar-refractivity contribution in [2.45, 2.75) is 20.3 Å². The minimum Gasteiger partial charge on any atom is -0.451 e. The van der Waals surface area contributed by atoms with E-state index >= 15 is 0 Å². The number of rotatable bonds is 6. The van der Waals surface area contributed by atoms with Crippen LogP contribution in [0.3, 0.4) is 0 Å². The lowest BCUT2D eigenvalue weighted by Gasteiger charge is -2.19. The highest BCUT2D eigenvalue weighted by Gasteiger charge is 2.25. The molecule has 0 unspecified atom stereocenters. The molecule has 6 heteroatoms. The van der Waals surface area contributed by atoms with Crippen molar-refractivity contribution in [3.05, 3.63) is 59.4 Å². The zero-order valence-corrected chi connectivity index (χ0v) is 18.0. The molecule has 150 valence electrons. The Hall–Kier alpha value is -2.70. The fourth-order valence-electron chi connectivity index (χ4n) is 3.41. The van der Waals surface area contributed by atoms with Gasteiger partial charge in [0, 0.05) is 11.9 Å². The van der Waals surface area contributed by atoms with Crippen LogP contribution >= 0.6 is 11.3 Å². The number of aromatic nitrogens is 1. The summed E-state index contributed by atoms with van der Waals surface area (Å²) >= 11 is 1.57. The van der Waals surface area contributed by atoms with E-state index in [0.717, 1.165) is 44.8 Å². The first-order chi connectivity index (χ1) is 13.9. The number of para-hydroxylation sites is 1. The van der Waals surface area contributed by atoms with Crippen molar-refractivity contribution in [3.8, 4) is 0 Å². The van der Waals surface area contributed by atoms with E-state index < -0.39 is 0 Å². The zero-order chi connectivity index (χ0) is 20.5. The summed E-state index contributed by atoms with van der Waals surface area (Å²) < 4.78 is 6.99. The molecule has 0 N–H and O–H groups in total. The van der Waals surface area contributed by atoms with E-state index in [-0.39, 0.29) is 5.91 Å². The number of hydrogen-bond donors (Lipinski definition) is 0. The molecule has 0 aliphatic rings. The number of thiazole rings is 1. The van der Waals surface area contributed by atoms with Crippen LogP contribution in [-0.2, 0) is 0 Å². The summed E-state index contributed by atoms with van der Waals surface area (Å²) in [6, 6.07) is 13.7. The van der Waals surface area contributed by atoms with Crippen LogP contribution in [0.2, 0.25) is 0 Å². The molecule has 0 aliphatic heterocycles. The summed E-state index contributed by atoms with van der Waals surface area (Å²) in [6.07, 6.45) is 0.854. The molecule has 1 amide bonds. The minimum absolute atomic E-state index is 0.144. The number of carbonyl (C=O) groups is 1. The summed E-state index contributed by atoms with van der Waals surface area (Å²) in [5.41, 5.74) is 4.00. The van der Waals surface area contributed by atoms with Gasteiger partial charge in [-0.2, -0.15) is 0 Å². The molecule has 0 aliphatic carbocycles. The predicted octanol–water partition coefficient (Wildman–Crippen LogP) is 5.26. The Morgan fingerprint density at radius 2 is 1.83 bits per heavy atom. The highest BCUT2D eigenvalue weighted by Crippen LogP contribution is 2.34. The lowest BCUT2D eigenvalue weighted by Crippen LogP contribution is -2.33. The molecule has 0 radical (unpaired) electrons. The summed E-state index contributed by atoms with van der Waals surface area (Å²) in [6.45, 7) is 5.63. The summed E-state index contributed by atoms with van der Waals surface area (Å²) in [5.74, 6) is 0.207. The second-order valence-electron chi connectivity index (χ2n) is 7.64. The Bertz CT molecular complexity index is 1100. The maximum atomic E-state index is 13.4. The number of anilines is 1. The van der Waals surface area contributed by atoms with Crippen molar-refractivity contribution in [2.24, 2.45) is 0 Å². The van der Waals surface area contributed by atoms with Crippen molar-refractivity contribution in [2.75, 3.05) is 32.1 Å². The molecule has 4 aromatic rings. The van der Waals surface area contributed by atoms with Gasteiger partial charge >= 0.3 is 0 Å². The minimum atomic E-state index is -0.144. The number of hydrogen-bond acceptors (Lipinski definition) is 5. The summed E-state index contributed by atoms with van der Waals surface area (Å²) in [4.78, 5) is 22.2. The van der Waals surface area contributed by atoms with E-state index in [9.17, 15) is 4.79 Å². The molecule has 5 nitrogen and oxygen atoms in total. The molecule has 4 rings (SSSR count). The number of carbonyl (C=O) groups excluding carboxylic acids is 1. The van der Waals surface area contributed by atoms with Crippen molar-refractivity contribution in [3.63, 3.8) is 0 Å². The second-order valence-corrected chi connectivity index (χ2v) is 8.61. The Morgan fingerprint density at radius 3 is 2.55 bits per heavy atom. The monoisotopic (exact) mass is 407 g/mol. The molecule has 0 fully saturated rings. The number of furan rings is 1. The Kier molecular flexibility index (Phi) is 5.39. The molecule has 2 aromatic heterocycles. The topological polar surface area (TPSA) is 49.6 Å². The quantitative estimate of drug-likeness (QED) is 0.438. The van der Waals surface area contributed by atoms with Gasteiger partial charge in [0.25, 0.3) is 5.91 Å². The van der Waals surface area contributed by atoms with Crippen LogP contribution in [0.1, 0.15) is 28.1 Å². The first-order valence-electron chi connectivity index (χ1n) is 9.76. The van der Waals surface area contributed by atoms with Gasteiger partial charge in [0.05, 0.1) is 10.2 Å². The van der Waals surface area contributed by atoms with Gasteiger partial charge in [-0.3, -0.25) is 9.69 Å². The number of benzene rings is 2. The molecule has 0 saturated carbocycles. The number of nitrogens with zero attached hydrogens (tertiary/aromatic N) is 3. The lowest BCUT2D eigenvalue weighted by molar-refractivity contribution is 0.0961. The molecule has 2 aromatic carbocycles. The normalized spacial score (nSPS) is 11.6. The smallest absolute Gasteiger partial charge is 0.295 e. The van der Waals surface area contributed by atoms with Gasteiger partial charge in [-0.1, -0.05) is 41.7 Å². The zero-order valence-electron chi connectivity index (χ0n) is 17.2. The fourth-order valence-corrected chi connectivity index (χ4v) is 4.55. The highest BCUT2D eigenvalue weighted by atomic mass is 32.1. The van der Waals surface area contributed by atoms with Crippen LogP contribution < -0.4 is 4.90 Å². The van der Waals surface area contributed by atoms with E-state index in [4.69, 9.17) is 9.40 Å². The predicted molar refractivity (Wildman–Crippen MR) is 120 cm³/mol. The van der Waals surface area contributed by atoms with Gasteiger partial charge < -0.3 is 9.32 Å². The molecule has 0 saturated heterocycles. The summed E-state index contributed by atoms with van der Waals surface area (Å²) in [7, 11) is 4.08. The molecular weight excluding hydrogens is 382 g/mol. The van der Waals surface area contributed by atoms with E-state index in [1.54, 1.807) is 16.2 Å². The summed E-state index contributed by atoms with van der Waals surface area (Å²) in [5, 5.41) is 1.65. The van der Waals surface area contributed by atoms with Crippen LogP contribution in [0.4, 0.5) is 5.13 Å². The third kappa shape index (κ3) is 3.91. The Morgan fingerprint density at radius 1 is 1.07 bits per heavy atom. The first-order valence-corrected chi connectivity index (χ1v) is 10.6. The van der Waals surface area contributed by atoms with Crippen LogP contribution in [0.25, 0.3) is 21.2 Å². The van der Waals surface area contributed by atoms with Gasteiger partial charge in [0.15, 0.2) is 10.9 Å². The molecule has 29 heavy (non-hydrogen) atoms.